The molecule has 0 fully saturated rings. The van der Waals surface area contributed by atoms with E-state index in [1.807, 2.05) is 48.6 Å². The molecule has 1 amide bonds. The largest absolute Gasteiger partial charge is 0.397 e. The molecule has 3 aromatic carbocycles. The smallest absolute Gasteiger partial charge is 0.373 e. The summed E-state index contributed by atoms with van der Waals surface area (Å²) in [6, 6.07) is 23.7. The Balaban J connectivity index is 0.00000107. The van der Waals surface area contributed by atoms with Crippen molar-refractivity contribution in [2.75, 3.05) is 15.8 Å². The molecule has 0 saturated carbocycles. The molecule has 6 nitrogen and oxygen atoms in total. The van der Waals surface area contributed by atoms with Crippen LogP contribution in [0.4, 0.5) is 17.1 Å². The predicted octanol–water partition coefficient (Wildman–Crippen LogP) is 5.15. The van der Waals surface area contributed by atoms with Gasteiger partial charge in [0, 0.05) is 17.0 Å². The average molecular weight is 434 g/mol. The molecule has 0 aliphatic heterocycles. The molecule has 31 heavy (non-hydrogen) atoms. The first-order valence-corrected chi connectivity index (χ1v) is 10.2. The summed E-state index contributed by atoms with van der Waals surface area (Å²) in [4.78, 5) is 29.4. The van der Waals surface area contributed by atoms with Crippen molar-refractivity contribution in [2.24, 2.45) is 0 Å². The summed E-state index contributed by atoms with van der Waals surface area (Å²) in [5.74, 6) is -0.0954. The Kier molecular flexibility index (Phi) is 9.62. The first-order chi connectivity index (χ1) is 15.0. The second-order valence-electron chi connectivity index (χ2n) is 6.46. The Morgan fingerprint density at radius 2 is 1.65 bits per heavy atom. The van der Waals surface area contributed by atoms with E-state index in [-0.39, 0.29) is 18.5 Å². The lowest BCUT2D eigenvalue weighted by Gasteiger charge is -2.06. The van der Waals surface area contributed by atoms with Crippen LogP contribution >= 0.6 is 11.9 Å². The Hall–Kier alpha value is -3.80. The highest BCUT2D eigenvalue weighted by atomic mass is 32.2. The fourth-order valence-corrected chi connectivity index (χ4v) is 3.14. The lowest BCUT2D eigenvalue weighted by molar-refractivity contribution is -0.191. The van der Waals surface area contributed by atoms with Crippen molar-refractivity contribution in [3.63, 3.8) is 0 Å². The van der Waals surface area contributed by atoms with Crippen LogP contribution in [0, 0.1) is 6.92 Å². The Labute approximate surface area is 185 Å². The number of nitrogen functional groups attached to an aromatic ring is 1. The minimum Gasteiger partial charge on any atom is -0.397 e. The number of rotatable bonds is 7. The molecule has 0 bridgehead atoms. The molecule has 4 N–H and O–H groups in total. The average Bonchev–Trinajstić information content (AvgIpc) is 2.76. The molecule has 158 valence electrons. The van der Waals surface area contributed by atoms with Crippen molar-refractivity contribution >= 4 is 47.1 Å². The quantitative estimate of drug-likeness (QED) is 0.352. The number of amides is 1. The van der Waals surface area contributed by atoms with Crippen LogP contribution in [-0.4, -0.2) is 12.1 Å². The molecule has 7 heteroatoms. The third kappa shape index (κ3) is 8.62. The van der Waals surface area contributed by atoms with Gasteiger partial charge in [-0.2, -0.15) is 9.59 Å². The SMILES string of the molecule is Cc1ccc(SNc2ccc(/C=C/CC(=O)Nc3ccccc3N)cc2)cc1.O=C=O. The minimum absolute atomic E-state index is 0.0954. The van der Waals surface area contributed by atoms with Gasteiger partial charge in [-0.15, -0.1) is 0 Å². The summed E-state index contributed by atoms with van der Waals surface area (Å²) in [5.41, 5.74) is 10.4. The van der Waals surface area contributed by atoms with Crippen LogP contribution in [0.25, 0.3) is 6.08 Å². The van der Waals surface area contributed by atoms with E-state index >= 15 is 0 Å². The van der Waals surface area contributed by atoms with Gasteiger partial charge in [0.05, 0.1) is 11.4 Å². The van der Waals surface area contributed by atoms with Crippen molar-refractivity contribution in [2.45, 2.75) is 18.2 Å². The summed E-state index contributed by atoms with van der Waals surface area (Å²) < 4.78 is 3.33. The van der Waals surface area contributed by atoms with Gasteiger partial charge in [0.15, 0.2) is 0 Å². The van der Waals surface area contributed by atoms with Crippen molar-refractivity contribution < 1.29 is 14.4 Å². The number of para-hydroxylation sites is 2. The van der Waals surface area contributed by atoms with Gasteiger partial charge in [-0.3, -0.25) is 4.79 Å². The fraction of sp³-hybridized carbons (Fsp3) is 0.0833. The van der Waals surface area contributed by atoms with Gasteiger partial charge in [-0.25, -0.2) is 0 Å². The Morgan fingerprint density at radius 3 is 2.29 bits per heavy atom. The molecule has 0 aliphatic carbocycles. The molecule has 0 saturated heterocycles. The number of carbonyl (C=O) groups excluding carboxylic acids is 3. The van der Waals surface area contributed by atoms with Crippen molar-refractivity contribution in [3.8, 4) is 0 Å². The Bertz CT molecular complexity index is 1040. The second-order valence-corrected chi connectivity index (χ2v) is 7.34. The van der Waals surface area contributed by atoms with E-state index in [1.54, 1.807) is 24.1 Å². The van der Waals surface area contributed by atoms with Crippen molar-refractivity contribution in [1.82, 2.24) is 0 Å². The summed E-state index contributed by atoms with van der Waals surface area (Å²) >= 11 is 1.58. The molecule has 0 atom stereocenters. The number of hydrogen-bond donors (Lipinski definition) is 3. The third-order valence-corrected chi connectivity index (χ3v) is 4.91. The zero-order chi connectivity index (χ0) is 22.5. The second kappa shape index (κ2) is 12.7. The maximum Gasteiger partial charge on any atom is 0.373 e. The molecular weight excluding hydrogens is 410 g/mol. The van der Waals surface area contributed by atoms with Crippen molar-refractivity contribution in [1.29, 1.82) is 0 Å². The lowest BCUT2D eigenvalue weighted by atomic mass is 10.2. The molecule has 0 heterocycles. The summed E-state index contributed by atoms with van der Waals surface area (Å²) in [6.07, 6.45) is 4.32. The number of nitrogens with one attached hydrogen (secondary N) is 2. The third-order valence-electron chi connectivity index (χ3n) is 4.07. The molecule has 3 aromatic rings. The molecular formula is C24H23N3O3S. The topological polar surface area (TPSA) is 101 Å². The van der Waals surface area contributed by atoms with Gasteiger partial charge < -0.3 is 15.8 Å². The normalized spacial score (nSPS) is 9.97. The molecule has 0 aliphatic rings. The lowest BCUT2D eigenvalue weighted by Crippen LogP contribution is -2.11. The van der Waals surface area contributed by atoms with Gasteiger partial charge in [0.1, 0.15) is 0 Å². The monoisotopic (exact) mass is 433 g/mol. The summed E-state index contributed by atoms with van der Waals surface area (Å²) in [6.45, 7) is 2.08. The van der Waals surface area contributed by atoms with E-state index in [2.05, 4.69) is 41.2 Å². The number of anilines is 3. The van der Waals surface area contributed by atoms with Crippen LogP contribution in [0.1, 0.15) is 17.5 Å². The van der Waals surface area contributed by atoms with E-state index in [9.17, 15) is 4.79 Å². The standard InChI is InChI=1S/C23H23N3OS.CO2/c1-17-9-15-20(16-10-17)28-26-19-13-11-18(12-14-19)5-4-8-23(27)25-22-7-3-2-6-21(22)24;2-1-3/h2-7,9-16,26H,8,24H2,1H3,(H,25,27);/b5-4+;. The number of carbonyl (C=O) groups is 1. The number of aryl methyl sites for hydroxylation is 1. The molecule has 0 aromatic heterocycles. The first kappa shape index (κ1) is 23.5. The number of nitrogens with two attached hydrogens (primary N) is 1. The van der Waals surface area contributed by atoms with Gasteiger partial charge in [-0.05, 0) is 60.8 Å². The van der Waals surface area contributed by atoms with E-state index in [1.165, 1.54) is 10.5 Å². The summed E-state index contributed by atoms with van der Waals surface area (Å²) in [7, 11) is 0. The number of benzene rings is 3. The van der Waals surface area contributed by atoms with Crippen LogP contribution in [0.5, 0.6) is 0 Å². The van der Waals surface area contributed by atoms with E-state index in [4.69, 9.17) is 15.3 Å². The maximum absolute atomic E-state index is 12.0. The molecule has 3 rings (SSSR count). The first-order valence-electron chi connectivity index (χ1n) is 9.41. The number of hydrogen-bond acceptors (Lipinski definition) is 6. The maximum atomic E-state index is 12.0. The van der Waals surface area contributed by atoms with Crippen LogP contribution < -0.4 is 15.8 Å². The zero-order valence-electron chi connectivity index (χ0n) is 17.0. The van der Waals surface area contributed by atoms with Gasteiger partial charge in [-0.1, -0.05) is 54.1 Å². The van der Waals surface area contributed by atoms with E-state index in [0.717, 1.165) is 11.3 Å². The van der Waals surface area contributed by atoms with Crippen LogP contribution in [0.15, 0.2) is 83.8 Å². The van der Waals surface area contributed by atoms with Gasteiger partial charge >= 0.3 is 6.15 Å². The summed E-state index contributed by atoms with van der Waals surface area (Å²) in [5, 5.41) is 2.81. The highest BCUT2D eigenvalue weighted by molar-refractivity contribution is 8.00. The predicted molar refractivity (Wildman–Crippen MR) is 125 cm³/mol. The van der Waals surface area contributed by atoms with Crippen LogP contribution in [-0.2, 0) is 14.4 Å². The van der Waals surface area contributed by atoms with Crippen LogP contribution in [0.2, 0.25) is 0 Å². The fourth-order valence-electron chi connectivity index (χ4n) is 2.50. The van der Waals surface area contributed by atoms with Gasteiger partial charge in [0.25, 0.3) is 0 Å². The van der Waals surface area contributed by atoms with Crippen molar-refractivity contribution in [3.05, 3.63) is 90.0 Å². The highest BCUT2D eigenvalue weighted by Crippen LogP contribution is 2.22. The Morgan fingerprint density at radius 1 is 1.00 bits per heavy atom. The molecule has 0 radical (unpaired) electrons. The zero-order valence-corrected chi connectivity index (χ0v) is 17.8. The molecule has 0 spiro atoms. The van der Waals surface area contributed by atoms with Crippen LogP contribution in [0.3, 0.4) is 0 Å². The van der Waals surface area contributed by atoms with Gasteiger partial charge in [0.2, 0.25) is 5.91 Å². The highest BCUT2D eigenvalue weighted by Gasteiger charge is 2.02. The minimum atomic E-state index is -0.0954. The van der Waals surface area contributed by atoms with E-state index < -0.39 is 0 Å². The van der Waals surface area contributed by atoms with E-state index in [0.29, 0.717) is 11.4 Å². The molecule has 0 unspecified atom stereocenters.